The van der Waals surface area contributed by atoms with Gasteiger partial charge in [-0.1, -0.05) is 49.9 Å². The van der Waals surface area contributed by atoms with Crippen LogP contribution in [0.2, 0.25) is 5.02 Å². The highest BCUT2D eigenvalue weighted by atomic mass is 35.5. The molecule has 0 radical (unpaired) electrons. The molecule has 0 aromatic heterocycles. The van der Waals surface area contributed by atoms with Crippen LogP contribution in [0, 0.1) is 0 Å². The van der Waals surface area contributed by atoms with Crippen LogP contribution >= 0.6 is 11.6 Å². The molecule has 136 valence electrons. The molecule has 1 aromatic carbocycles. The zero-order chi connectivity index (χ0) is 17.9. The molecule has 0 N–H and O–H groups in total. The fraction of sp³-hybridized carbons (Fsp3) is 0.600. The summed E-state index contributed by atoms with van der Waals surface area (Å²) < 4.78 is 0. The van der Waals surface area contributed by atoms with Gasteiger partial charge in [0, 0.05) is 37.6 Å². The van der Waals surface area contributed by atoms with Crippen molar-refractivity contribution >= 4 is 23.4 Å². The lowest BCUT2D eigenvalue weighted by Crippen LogP contribution is -2.56. The van der Waals surface area contributed by atoms with Crippen molar-refractivity contribution in [2.45, 2.75) is 50.9 Å². The van der Waals surface area contributed by atoms with Gasteiger partial charge in [0.05, 0.1) is 5.41 Å². The molecule has 1 aliphatic heterocycles. The number of hydrogen-bond acceptors (Lipinski definition) is 2. The van der Waals surface area contributed by atoms with Crippen LogP contribution in [0.15, 0.2) is 24.3 Å². The van der Waals surface area contributed by atoms with Crippen molar-refractivity contribution in [1.29, 1.82) is 0 Å². The summed E-state index contributed by atoms with van der Waals surface area (Å²) in [6.07, 6.45) is 5.65. The van der Waals surface area contributed by atoms with Gasteiger partial charge >= 0.3 is 0 Å². The topological polar surface area (TPSA) is 40.6 Å². The van der Waals surface area contributed by atoms with Crippen molar-refractivity contribution in [2.75, 3.05) is 26.2 Å². The van der Waals surface area contributed by atoms with Crippen LogP contribution in [0.25, 0.3) is 0 Å². The third-order valence-corrected chi connectivity index (χ3v) is 5.95. The quantitative estimate of drug-likeness (QED) is 0.823. The van der Waals surface area contributed by atoms with E-state index in [1.165, 1.54) is 6.42 Å². The third kappa shape index (κ3) is 3.69. The fourth-order valence-electron chi connectivity index (χ4n) is 4.25. The summed E-state index contributed by atoms with van der Waals surface area (Å²) in [6, 6.07) is 7.81. The van der Waals surface area contributed by atoms with Crippen molar-refractivity contribution in [3.05, 3.63) is 34.9 Å². The van der Waals surface area contributed by atoms with Crippen molar-refractivity contribution in [2.24, 2.45) is 0 Å². The van der Waals surface area contributed by atoms with Crippen LogP contribution in [-0.2, 0) is 15.0 Å². The SMILES string of the molecule is CCC(=O)N1CCN(C(=O)C2(c3cccc(Cl)c3)CCCCC2)CC1. The molecule has 4 nitrogen and oxygen atoms in total. The van der Waals surface area contributed by atoms with Crippen molar-refractivity contribution in [1.82, 2.24) is 9.80 Å². The zero-order valence-electron chi connectivity index (χ0n) is 15.0. The molecule has 5 heteroatoms. The summed E-state index contributed by atoms with van der Waals surface area (Å²) in [7, 11) is 0. The molecule has 1 heterocycles. The van der Waals surface area contributed by atoms with E-state index in [1.807, 2.05) is 41.0 Å². The van der Waals surface area contributed by atoms with Crippen LogP contribution < -0.4 is 0 Å². The van der Waals surface area contributed by atoms with E-state index in [-0.39, 0.29) is 11.8 Å². The first-order valence-corrected chi connectivity index (χ1v) is 9.78. The number of halogens is 1. The van der Waals surface area contributed by atoms with Crippen molar-refractivity contribution < 1.29 is 9.59 Å². The molecule has 0 bridgehead atoms. The lowest BCUT2D eigenvalue weighted by atomic mass is 9.68. The maximum atomic E-state index is 13.5. The molecular formula is C20H27ClN2O2. The minimum atomic E-state index is -0.444. The van der Waals surface area contributed by atoms with Gasteiger partial charge in [-0.2, -0.15) is 0 Å². The Morgan fingerprint density at radius 1 is 1.04 bits per heavy atom. The van der Waals surface area contributed by atoms with Crippen molar-refractivity contribution in [3.8, 4) is 0 Å². The zero-order valence-corrected chi connectivity index (χ0v) is 15.7. The Morgan fingerprint density at radius 2 is 1.68 bits per heavy atom. The molecule has 2 fully saturated rings. The largest absolute Gasteiger partial charge is 0.339 e. The Bertz CT molecular complexity index is 632. The predicted octanol–water partition coefficient (Wildman–Crippen LogP) is 3.62. The number of hydrogen-bond donors (Lipinski definition) is 0. The van der Waals surface area contributed by atoms with E-state index in [1.54, 1.807) is 0 Å². The first kappa shape index (κ1) is 18.2. The standard InChI is InChI=1S/C20H27ClN2O2/c1-2-18(24)22-11-13-23(14-12-22)19(25)20(9-4-3-5-10-20)16-7-6-8-17(21)15-16/h6-8,15H,2-5,9-14H2,1H3. The van der Waals surface area contributed by atoms with E-state index in [2.05, 4.69) is 0 Å². The van der Waals surface area contributed by atoms with E-state index in [0.717, 1.165) is 31.2 Å². The number of rotatable bonds is 3. The molecule has 0 unspecified atom stereocenters. The summed E-state index contributed by atoms with van der Waals surface area (Å²) in [4.78, 5) is 29.2. The summed E-state index contributed by atoms with van der Waals surface area (Å²) in [6.45, 7) is 4.43. The van der Waals surface area contributed by atoms with Gasteiger partial charge in [-0.05, 0) is 30.5 Å². The minimum absolute atomic E-state index is 0.175. The Hall–Kier alpha value is -1.55. The average Bonchev–Trinajstić information content (AvgIpc) is 2.67. The highest BCUT2D eigenvalue weighted by molar-refractivity contribution is 6.30. The Morgan fingerprint density at radius 3 is 2.28 bits per heavy atom. The Labute approximate surface area is 155 Å². The lowest BCUT2D eigenvalue weighted by Gasteiger charge is -2.43. The number of carbonyl (C=O) groups excluding carboxylic acids is 2. The summed E-state index contributed by atoms with van der Waals surface area (Å²) in [5.41, 5.74) is 0.608. The van der Waals surface area contributed by atoms with Crippen LogP contribution in [-0.4, -0.2) is 47.8 Å². The van der Waals surface area contributed by atoms with Gasteiger partial charge in [0.1, 0.15) is 0 Å². The molecule has 25 heavy (non-hydrogen) atoms. The van der Waals surface area contributed by atoms with E-state index in [9.17, 15) is 9.59 Å². The second-order valence-corrected chi connectivity index (χ2v) is 7.62. The number of benzene rings is 1. The van der Waals surface area contributed by atoms with Crippen LogP contribution in [0.5, 0.6) is 0 Å². The second-order valence-electron chi connectivity index (χ2n) is 7.18. The highest BCUT2D eigenvalue weighted by Crippen LogP contribution is 2.42. The van der Waals surface area contributed by atoms with Gasteiger partial charge in [0.25, 0.3) is 0 Å². The van der Waals surface area contributed by atoms with Crippen molar-refractivity contribution in [3.63, 3.8) is 0 Å². The average molecular weight is 363 g/mol. The molecule has 2 aliphatic rings. The highest BCUT2D eigenvalue weighted by Gasteiger charge is 2.44. The molecular weight excluding hydrogens is 336 g/mol. The summed E-state index contributed by atoms with van der Waals surface area (Å²) in [5, 5.41) is 0.689. The van der Waals surface area contributed by atoms with Gasteiger partial charge in [-0.25, -0.2) is 0 Å². The van der Waals surface area contributed by atoms with Gasteiger partial charge in [0.15, 0.2) is 0 Å². The lowest BCUT2D eigenvalue weighted by molar-refractivity contribution is -0.144. The van der Waals surface area contributed by atoms with E-state index < -0.39 is 5.41 Å². The molecule has 2 amide bonds. The van der Waals surface area contributed by atoms with Gasteiger partial charge in [-0.15, -0.1) is 0 Å². The summed E-state index contributed by atoms with van der Waals surface area (Å²) in [5.74, 6) is 0.396. The Balaban J connectivity index is 1.80. The third-order valence-electron chi connectivity index (χ3n) is 5.72. The van der Waals surface area contributed by atoms with Crippen LogP contribution in [0.1, 0.15) is 51.0 Å². The molecule has 1 aliphatic carbocycles. The molecule has 0 spiro atoms. The molecule has 0 atom stereocenters. The monoisotopic (exact) mass is 362 g/mol. The predicted molar refractivity (Wildman–Crippen MR) is 99.7 cm³/mol. The first-order valence-electron chi connectivity index (χ1n) is 9.40. The van der Waals surface area contributed by atoms with Crippen LogP contribution in [0.4, 0.5) is 0 Å². The Kier molecular flexibility index (Phi) is 5.67. The van der Waals surface area contributed by atoms with Gasteiger partial charge < -0.3 is 9.80 Å². The van der Waals surface area contributed by atoms with E-state index in [4.69, 9.17) is 11.6 Å². The number of piperazine rings is 1. The van der Waals surface area contributed by atoms with Gasteiger partial charge in [0.2, 0.25) is 11.8 Å². The number of nitrogens with zero attached hydrogens (tertiary/aromatic N) is 2. The number of amides is 2. The van der Waals surface area contributed by atoms with Gasteiger partial charge in [-0.3, -0.25) is 9.59 Å². The number of carbonyl (C=O) groups is 2. The maximum Gasteiger partial charge on any atom is 0.233 e. The van der Waals surface area contributed by atoms with E-state index in [0.29, 0.717) is 37.6 Å². The fourth-order valence-corrected chi connectivity index (χ4v) is 4.44. The molecule has 1 saturated carbocycles. The second kappa shape index (κ2) is 7.77. The normalized spacial score (nSPS) is 20.4. The maximum absolute atomic E-state index is 13.5. The smallest absolute Gasteiger partial charge is 0.233 e. The first-order chi connectivity index (χ1) is 12.1. The molecule has 1 aromatic rings. The minimum Gasteiger partial charge on any atom is -0.339 e. The molecule has 3 rings (SSSR count). The van der Waals surface area contributed by atoms with E-state index >= 15 is 0 Å². The van der Waals surface area contributed by atoms with Crippen LogP contribution in [0.3, 0.4) is 0 Å². The molecule has 1 saturated heterocycles. The summed E-state index contributed by atoms with van der Waals surface area (Å²) >= 11 is 6.22.